The van der Waals surface area contributed by atoms with Crippen molar-refractivity contribution in [2.24, 2.45) is 0 Å². The quantitative estimate of drug-likeness (QED) is 0.734. The molecular weight excluding hydrogens is 334 g/mol. The number of nitrogens with one attached hydrogen (secondary N) is 1. The zero-order chi connectivity index (χ0) is 16.4. The van der Waals surface area contributed by atoms with Gasteiger partial charge in [-0.3, -0.25) is 9.67 Å². The van der Waals surface area contributed by atoms with Gasteiger partial charge in [0, 0.05) is 5.69 Å². The molecule has 0 aliphatic rings. The molecule has 0 aliphatic carbocycles. The van der Waals surface area contributed by atoms with Gasteiger partial charge < -0.3 is 4.74 Å². The smallest absolute Gasteiger partial charge is 0.206 e. The normalized spacial score (nSPS) is 11.3. The Morgan fingerprint density at radius 3 is 2.09 bits per heavy atom. The summed E-state index contributed by atoms with van der Waals surface area (Å²) < 4.78 is 32.4. The van der Waals surface area contributed by atoms with Gasteiger partial charge in [-0.25, -0.2) is 8.42 Å². The minimum absolute atomic E-state index is 0.210. The predicted octanol–water partition coefficient (Wildman–Crippen LogP) is 2.77. The number of methoxy groups -OCH3 is 1. The average Bonchev–Trinajstić information content (AvgIpc) is 3.01. The van der Waals surface area contributed by atoms with Crippen molar-refractivity contribution in [1.29, 1.82) is 0 Å². The van der Waals surface area contributed by atoms with Crippen molar-refractivity contribution in [3.05, 3.63) is 59.6 Å². The zero-order valence-corrected chi connectivity index (χ0v) is 13.8. The van der Waals surface area contributed by atoms with E-state index in [1.54, 1.807) is 41.0 Å². The Hall–Kier alpha value is -2.45. The molecule has 1 N–H and O–H groups in total. The molecule has 8 heteroatoms. The molecule has 0 fully saturated rings. The summed E-state index contributed by atoms with van der Waals surface area (Å²) >= 11 is 5.09. The monoisotopic (exact) mass is 347 g/mol. The maximum atomic E-state index is 12.6. The van der Waals surface area contributed by atoms with Gasteiger partial charge in [-0.15, -0.1) is 0 Å². The number of benzene rings is 2. The summed E-state index contributed by atoms with van der Waals surface area (Å²) in [7, 11) is -2.04. The van der Waals surface area contributed by atoms with E-state index in [0.29, 0.717) is 10.5 Å². The van der Waals surface area contributed by atoms with Gasteiger partial charge in [-0.2, -0.15) is 5.10 Å². The highest BCUT2D eigenvalue weighted by Gasteiger charge is 2.17. The molecule has 0 bridgehead atoms. The number of rotatable bonds is 4. The molecule has 2 aromatic carbocycles. The van der Waals surface area contributed by atoms with Crippen molar-refractivity contribution in [2.75, 3.05) is 7.11 Å². The Bertz CT molecular complexity index is 972. The third-order valence-corrected chi connectivity index (χ3v) is 5.42. The first kappa shape index (κ1) is 15.4. The molecule has 23 heavy (non-hydrogen) atoms. The first-order chi connectivity index (χ1) is 11.0. The van der Waals surface area contributed by atoms with Crippen molar-refractivity contribution >= 4 is 22.1 Å². The Kier molecular flexibility index (Phi) is 4.01. The van der Waals surface area contributed by atoms with Gasteiger partial charge in [-0.05, 0) is 60.7 Å². The Labute approximate surface area is 138 Å². The summed E-state index contributed by atoms with van der Waals surface area (Å²) in [6.45, 7) is 0. The molecule has 6 nitrogen and oxygen atoms in total. The number of aromatic nitrogens is 3. The fourth-order valence-electron chi connectivity index (χ4n) is 2.11. The predicted molar refractivity (Wildman–Crippen MR) is 87.2 cm³/mol. The second kappa shape index (κ2) is 5.98. The minimum atomic E-state index is -3.57. The van der Waals surface area contributed by atoms with E-state index in [4.69, 9.17) is 17.0 Å². The Balaban J connectivity index is 1.97. The first-order valence-corrected chi connectivity index (χ1v) is 8.53. The molecule has 118 valence electrons. The number of aromatic amines is 1. The zero-order valence-electron chi connectivity index (χ0n) is 12.1. The third-order valence-electron chi connectivity index (χ3n) is 3.35. The van der Waals surface area contributed by atoms with Crippen LogP contribution in [0.4, 0.5) is 0 Å². The van der Waals surface area contributed by atoms with Crippen LogP contribution < -0.4 is 4.74 Å². The summed E-state index contributed by atoms with van der Waals surface area (Å²) in [5.41, 5.74) is 0.734. The molecule has 1 aromatic heterocycles. The Morgan fingerprint density at radius 2 is 1.61 bits per heavy atom. The van der Waals surface area contributed by atoms with Crippen molar-refractivity contribution < 1.29 is 13.2 Å². The van der Waals surface area contributed by atoms with Crippen molar-refractivity contribution in [1.82, 2.24) is 14.8 Å². The van der Waals surface area contributed by atoms with Crippen LogP contribution in [-0.4, -0.2) is 30.3 Å². The molecule has 0 radical (unpaired) electrons. The second-order valence-electron chi connectivity index (χ2n) is 4.70. The van der Waals surface area contributed by atoms with Gasteiger partial charge in [0.2, 0.25) is 9.84 Å². The van der Waals surface area contributed by atoms with Crippen LogP contribution in [0.1, 0.15) is 0 Å². The van der Waals surface area contributed by atoms with Crippen LogP contribution in [-0.2, 0) is 9.84 Å². The molecule has 0 saturated heterocycles. The molecule has 3 aromatic rings. The lowest BCUT2D eigenvalue weighted by Crippen LogP contribution is -2.02. The summed E-state index contributed by atoms with van der Waals surface area (Å²) in [6, 6.07) is 12.7. The molecule has 3 rings (SSSR count). The summed E-state index contributed by atoms with van der Waals surface area (Å²) in [4.78, 5) is 0.424. The van der Waals surface area contributed by atoms with Crippen LogP contribution in [0.3, 0.4) is 0 Å². The van der Waals surface area contributed by atoms with Crippen LogP contribution in [0.5, 0.6) is 5.75 Å². The van der Waals surface area contributed by atoms with Crippen molar-refractivity contribution in [3.8, 4) is 11.4 Å². The van der Waals surface area contributed by atoms with Crippen LogP contribution >= 0.6 is 12.2 Å². The van der Waals surface area contributed by atoms with Crippen LogP contribution in [0.25, 0.3) is 5.69 Å². The molecule has 0 spiro atoms. The van der Waals surface area contributed by atoms with Gasteiger partial charge >= 0.3 is 0 Å². The summed E-state index contributed by atoms with van der Waals surface area (Å²) in [5, 5.41) is 6.48. The fourth-order valence-corrected chi connectivity index (χ4v) is 3.58. The van der Waals surface area contributed by atoms with E-state index in [9.17, 15) is 8.42 Å². The molecule has 0 atom stereocenters. The SMILES string of the molecule is COc1ccc(S(=O)(=O)c2ccc(-n3cn[nH]c3=S)cc2)cc1. The minimum Gasteiger partial charge on any atom is -0.497 e. The molecular formula is C15H13N3O3S2. The average molecular weight is 347 g/mol. The van der Waals surface area contributed by atoms with E-state index in [2.05, 4.69) is 10.2 Å². The van der Waals surface area contributed by atoms with E-state index < -0.39 is 9.84 Å². The summed E-state index contributed by atoms with van der Waals surface area (Å²) in [6.07, 6.45) is 1.54. The van der Waals surface area contributed by atoms with Crippen LogP contribution in [0.2, 0.25) is 0 Å². The van der Waals surface area contributed by atoms with Gasteiger partial charge in [0.15, 0.2) is 4.77 Å². The van der Waals surface area contributed by atoms with Gasteiger partial charge in [0.25, 0.3) is 0 Å². The highest BCUT2D eigenvalue weighted by Crippen LogP contribution is 2.24. The number of nitrogens with zero attached hydrogens (tertiary/aromatic N) is 2. The number of hydrogen-bond acceptors (Lipinski definition) is 5. The highest BCUT2D eigenvalue weighted by atomic mass is 32.2. The van der Waals surface area contributed by atoms with E-state index in [-0.39, 0.29) is 9.79 Å². The lowest BCUT2D eigenvalue weighted by atomic mass is 10.3. The maximum absolute atomic E-state index is 12.6. The molecule has 0 unspecified atom stereocenters. The number of H-pyrrole nitrogens is 1. The van der Waals surface area contributed by atoms with Gasteiger partial charge in [-0.1, -0.05) is 0 Å². The van der Waals surface area contributed by atoms with Crippen molar-refractivity contribution in [2.45, 2.75) is 9.79 Å². The second-order valence-corrected chi connectivity index (χ2v) is 7.04. The summed E-state index contributed by atoms with van der Waals surface area (Å²) in [5.74, 6) is 0.605. The number of sulfone groups is 1. The van der Waals surface area contributed by atoms with E-state index in [1.165, 1.54) is 25.6 Å². The lowest BCUT2D eigenvalue weighted by Gasteiger charge is -2.07. The first-order valence-electron chi connectivity index (χ1n) is 6.64. The van der Waals surface area contributed by atoms with Gasteiger partial charge in [0.05, 0.1) is 16.9 Å². The van der Waals surface area contributed by atoms with E-state index in [0.717, 1.165) is 5.69 Å². The number of hydrogen-bond donors (Lipinski definition) is 1. The molecule has 0 aliphatic heterocycles. The third kappa shape index (κ3) is 2.90. The van der Waals surface area contributed by atoms with E-state index >= 15 is 0 Å². The van der Waals surface area contributed by atoms with Crippen molar-refractivity contribution in [3.63, 3.8) is 0 Å². The standard InChI is InChI=1S/C15H13N3O3S2/c1-21-12-4-8-14(9-5-12)23(19,20)13-6-2-11(3-7-13)18-10-16-17-15(18)22/h2-10H,1H3,(H,17,22). The molecule has 1 heterocycles. The lowest BCUT2D eigenvalue weighted by molar-refractivity contribution is 0.414. The van der Waals surface area contributed by atoms with Crippen LogP contribution in [0, 0.1) is 4.77 Å². The fraction of sp³-hybridized carbons (Fsp3) is 0.0667. The topological polar surface area (TPSA) is 77.0 Å². The Morgan fingerprint density at radius 1 is 1.04 bits per heavy atom. The molecule has 0 saturated carbocycles. The largest absolute Gasteiger partial charge is 0.497 e. The van der Waals surface area contributed by atoms with Gasteiger partial charge in [0.1, 0.15) is 12.1 Å². The molecule has 0 amide bonds. The highest BCUT2D eigenvalue weighted by molar-refractivity contribution is 7.91. The number of ether oxygens (including phenoxy) is 1. The van der Waals surface area contributed by atoms with E-state index in [1.807, 2.05) is 0 Å². The maximum Gasteiger partial charge on any atom is 0.206 e. The van der Waals surface area contributed by atoms with Crippen LogP contribution in [0.15, 0.2) is 64.6 Å².